The number of nitrogens with zero attached hydrogens (tertiary/aromatic N) is 2. The van der Waals surface area contributed by atoms with E-state index in [-0.39, 0.29) is 24.7 Å². The predicted molar refractivity (Wildman–Crippen MR) is 48.1 cm³/mol. The number of carboxylic acids is 1. The summed E-state index contributed by atoms with van der Waals surface area (Å²) >= 11 is 0. The van der Waals surface area contributed by atoms with Crippen LogP contribution in [0.4, 0.5) is 0 Å². The molecule has 1 aliphatic heterocycles. The molecular formula is C9H10N2O4. The topological polar surface area (TPSA) is 83.6 Å². The number of carboxylic acid groups (broad SMARTS) is 1. The van der Waals surface area contributed by atoms with Crippen LogP contribution in [0.5, 0.6) is 0 Å². The van der Waals surface area contributed by atoms with Crippen LogP contribution in [0.25, 0.3) is 0 Å². The zero-order chi connectivity index (χ0) is 11.1. The van der Waals surface area contributed by atoms with Crippen LogP contribution in [-0.4, -0.2) is 40.1 Å². The van der Waals surface area contributed by atoms with Gasteiger partial charge in [0.05, 0.1) is 0 Å². The minimum absolute atomic E-state index is 0.211. The largest absolute Gasteiger partial charge is 0.481 e. The molecule has 1 fully saturated rings. The van der Waals surface area contributed by atoms with E-state index in [1.54, 1.807) is 6.92 Å². The Bertz CT molecular complexity index is 392. The van der Waals surface area contributed by atoms with Gasteiger partial charge in [0, 0.05) is 19.2 Å². The molecule has 15 heavy (non-hydrogen) atoms. The molecule has 2 heterocycles. The molecule has 6 heteroatoms. The van der Waals surface area contributed by atoms with Crippen molar-refractivity contribution in [3.05, 3.63) is 18.0 Å². The highest BCUT2D eigenvalue weighted by molar-refractivity contribution is 5.94. The summed E-state index contributed by atoms with van der Waals surface area (Å²) in [7, 11) is 0. The van der Waals surface area contributed by atoms with Gasteiger partial charge in [-0.15, -0.1) is 0 Å². The third kappa shape index (κ3) is 1.47. The van der Waals surface area contributed by atoms with Gasteiger partial charge in [0.1, 0.15) is 11.7 Å². The number of amides is 1. The predicted octanol–water partition coefficient (Wildman–Crippen LogP) is 0.221. The summed E-state index contributed by atoms with van der Waals surface area (Å²) in [5.74, 6) is -1.17. The van der Waals surface area contributed by atoms with Gasteiger partial charge in [0.25, 0.3) is 5.91 Å². The summed E-state index contributed by atoms with van der Waals surface area (Å²) in [5.41, 5.74) is -0.609. The lowest BCUT2D eigenvalue weighted by Gasteiger charge is -2.44. The summed E-state index contributed by atoms with van der Waals surface area (Å²) in [6, 6.07) is 1.46. The third-order valence-electron chi connectivity index (χ3n) is 2.54. The highest BCUT2D eigenvalue weighted by Gasteiger charge is 2.47. The maximum Gasteiger partial charge on any atom is 0.312 e. The Labute approximate surface area is 85.5 Å². The number of carbonyl (C=O) groups is 2. The number of carbonyl (C=O) groups excluding carboxylic acids is 1. The number of likely N-dealkylation sites (tertiary alicyclic amines) is 1. The second-order valence-electron chi connectivity index (χ2n) is 3.91. The zero-order valence-electron chi connectivity index (χ0n) is 8.14. The molecular weight excluding hydrogens is 200 g/mol. The van der Waals surface area contributed by atoms with Crippen LogP contribution in [0.1, 0.15) is 17.4 Å². The van der Waals surface area contributed by atoms with E-state index in [4.69, 9.17) is 5.11 Å². The first-order valence-corrected chi connectivity index (χ1v) is 4.46. The average molecular weight is 210 g/mol. The molecule has 0 atom stereocenters. The van der Waals surface area contributed by atoms with Crippen molar-refractivity contribution in [2.24, 2.45) is 5.41 Å². The van der Waals surface area contributed by atoms with Gasteiger partial charge in [-0.3, -0.25) is 9.59 Å². The standard InChI is InChI=1S/C9H10N2O4/c1-9(8(13)14)4-11(5-9)7(12)6-2-3-15-10-6/h2-3H,4-5H2,1H3,(H,13,14). The van der Waals surface area contributed by atoms with Crippen molar-refractivity contribution in [2.45, 2.75) is 6.92 Å². The van der Waals surface area contributed by atoms with E-state index in [2.05, 4.69) is 9.68 Å². The van der Waals surface area contributed by atoms with Gasteiger partial charge in [0.15, 0.2) is 5.69 Å². The molecule has 2 rings (SSSR count). The van der Waals surface area contributed by atoms with Crippen molar-refractivity contribution in [1.29, 1.82) is 0 Å². The lowest BCUT2D eigenvalue weighted by Crippen LogP contribution is -2.60. The molecule has 80 valence electrons. The maximum atomic E-state index is 11.6. The van der Waals surface area contributed by atoms with E-state index in [1.165, 1.54) is 17.2 Å². The van der Waals surface area contributed by atoms with Crippen molar-refractivity contribution in [1.82, 2.24) is 10.1 Å². The Morgan fingerprint density at radius 1 is 1.60 bits per heavy atom. The first-order valence-electron chi connectivity index (χ1n) is 4.46. The normalized spacial score (nSPS) is 18.3. The molecule has 0 unspecified atom stereocenters. The van der Waals surface area contributed by atoms with Gasteiger partial charge in [-0.1, -0.05) is 5.16 Å². The fourth-order valence-electron chi connectivity index (χ4n) is 1.56. The molecule has 0 spiro atoms. The summed E-state index contributed by atoms with van der Waals surface area (Å²) < 4.78 is 4.54. The Balaban J connectivity index is 2.01. The smallest absolute Gasteiger partial charge is 0.312 e. The van der Waals surface area contributed by atoms with Crippen molar-refractivity contribution >= 4 is 11.9 Å². The van der Waals surface area contributed by atoms with Crippen molar-refractivity contribution in [2.75, 3.05) is 13.1 Å². The fraction of sp³-hybridized carbons (Fsp3) is 0.444. The Morgan fingerprint density at radius 2 is 2.27 bits per heavy atom. The third-order valence-corrected chi connectivity index (χ3v) is 2.54. The molecule has 0 saturated carbocycles. The minimum Gasteiger partial charge on any atom is -0.481 e. The van der Waals surface area contributed by atoms with Crippen LogP contribution in [0.2, 0.25) is 0 Å². The first-order chi connectivity index (χ1) is 7.03. The second-order valence-corrected chi connectivity index (χ2v) is 3.91. The SMILES string of the molecule is CC1(C(=O)O)CN(C(=O)c2ccon2)C1. The molecule has 1 saturated heterocycles. The molecule has 1 aromatic heterocycles. The number of hydrogen-bond donors (Lipinski definition) is 1. The van der Waals surface area contributed by atoms with Gasteiger partial charge < -0.3 is 14.5 Å². The van der Waals surface area contributed by atoms with E-state index in [9.17, 15) is 9.59 Å². The quantitative estimate of drug-likeness (QED) is 0.754. The van der Waals surface area contributed by atoms with E-state index >= 15 is 0 Å². The molecule has 1 aromatic rings. The summed E-state index contributed by atoms with van der Waals surface area (Å²) in [4.78, 5) is 23.8. The van der Waals surface area contributed by atoms with Crippen LogP contribution in [-0.2, 0) is 4.79 Å². The molecule has 0 aromatic carbocycles. The Kier molecular flexibility index (Phi) is 1.99. The molecule has 1 amide bonds. The zero-order valence-corrected chi connectivity index (χ0v) is 8.14. The second kappa shape index (κ2) is 3.08. The number of aliphatic carboxylic acids is 1. The molecule has 6 nitrogen and oxygen atoms in total. The summed E-state index contributed by atoms with van der Waals surface area (Å²) in [6.45, 7) is 2.05. The number of rotatable bonds is 2. The van der Waals surface area contributed by atoms with Crippen LogP contribution >= 0.6 is 0 Å². The van der Waals surface area contributed by atoms with Gasteiger partial charge in [0.2, 0.25) is 0 Å². The van der Waals surface area contributed by atoms with E-state index in [0.29, 0.717) is 0 Å². The van der Waals surface area contributed by atoms with Gasteiger partial charge in [-0.2, -0.15) is 0 Å². The van der Waals surface area contributed by atoms with Crippen LogP contribution in [0.15, 0.2) is 16.9 Å². The summed E-state index contributed by atoms with van der Waals surface area (Å²) in [5, 5.41) is 12.3. The summed E-state index contributed by atoms with van der Waals surface area (Å²) in [6.07, 6.45) is 1.31. The Hall–Kier alpha value is -1.85. The van der Waals surface area contributed by atoms with Crippen molar-refractivity contribution < 1.29 is 19.2 Å². The van der Waals surface area contributed by atoms with Crippen LogP contribution in [0.3, 0.4) is 0 Å². The van der Waals surface area contributed by atoms with Gasteiger partial charge in [-0.05, 0) is 6.92 Å². The van der Waals surface area contributed by atoms with Gasteiger partial charge in [-0.25, -0.2) is 0 Å². The highest BCUT2D eigenvalue weighted by Crippen LogP contribution is 2.30. The fourth-order valence-corrected chi connectivity index (χ4v) is 1.56. The highest BCUT2D eigenvalue weighted by atomic mass is 16.5. The minimum atomic E-state index is -0.883. The molecule has 1 aliphatic rings. The molecule has 0 bridgehead atoms. The van der Waals surface area contributed by atoms with E-state index in [1.807, 2.05) is 0 Å². The van der Waals surface area contributed by atoms with E-state index < -0.39 is 11.4 Å². The molecule has 1 N–H and O–H groups in total. The lowest BCUT2D eigenvalue weighted by atomic mass is 9.82. The van der Waals surface area contributed by atoms with E-state index in [0.717, 1.165) is 0 Å². The van der Waals surface area contributed by atoms with Crippen molar-refractivity contribution in [3.8, 4) is 0 Å². The lowest BCUT2D eigenvalue weighted by molar-refractivity contribution is -0.155. The number of hydrogen-bond acceptors (Lipinski definition) is 4. The average Bonchev–Trinajstić information content (AvgIpc) is 2.64. The first kappa shape index (κ1) is 9.70. The van der Waals surface area contributed by atoms with Gasteiger partial charge >= 0.3 is 5.97 Å². The van der Waals surface area contributed by atoms with Crippen molar-refractivity contribution in [3.63, 3.8) is 0 Å². The van der Waals surface area contributed by atoms with Crippen LogP contribution < -0.4 is 0 Å². The molecule has 0 radical (unpaired) electrons. The molecule has 0 aliphatic carbocycles. The Morgan fingerprint density at radius 3 is 2.73 bits per heavy atom. The van der Waals surface area contributed by atoms with Crippen LogP contribution in [0, 0.1) is 5.41 Å². The number of aromatic nitrogens is 1. The monoisotopic (exact) mass is 210 g/mol. The maximum absolute atomic E-state index is 11.6.